The SMILES string of the molecule is Cl.O=C(O)[C@@H]1CC(Cc2cccc(C(F)(F)F)c2)CN1P(Cc1cccc(C(F)(F)F)c1)(c1ccccc1)(c1ccccc1)c1ccccc1. The Balaban J connectivity index is 0.00000486. The number of hydrogen-bond acceptors (Lipinski definition) is 2. The third kappa shape index (κ3) is 6.67. The van der Waals surface area contributed by atoms with Crippen LogP contribution in [0.4, 0.5) is 26.3 Å². The van der Waals surface area contributed by atoms with Crippen LogP contribution in [0.3, 0.4) is 0 Å². The zero-order valence-corrected chi connectivity index (χ0v) is 28.4. The Morgan fingerprint density at radius 3 is 1.48 bits per heavy atom. The maximum absolute atomic E-state index is 14.1. The Hall–Kier alpha value is -4.17. The van der Waals surface area contributed by atoms with E-state index in [1.165, 1.54) is 12.1 Å². The summed E-state index contributed by atoms with van der Waals surface area (Å²) in [5, 5.41) is 13.3. The molecule has 3 nitrogen and oxygen atoms in total. The number of nitrogens with zero attached hydrogens (tertiary/aromatic N) is 1. The second kappa shape index (κ2) is 14.2. The number of rotatable bonds is 9. The first-order valence-corrected chi connectivity index (χ1v) is 18.2. The van der Waals surface area contributed by atoms with Gasteiger partial charge in [-0.15, -0.1) is 12.4 Å². The van der Waals surface area contributed by atoms with Gasteiger partial charge < -0.3 is 0 Å². The zero-order valence-electron chi connectivity index (χ0n) is 26.7. The van der Waals surface area contributed by atoms with Crippen LogP contribution in [-0.4, -0.2) is 28.3 Å². The van der Waals surface area contributed by atoms with E-state index in [-0.39, 0.29) is 43.9 Å². The van der Waals surface area contributed by atoms with E-state index in [4.69, 9.17) is 0 Å². The summed E-state index contributed by atoms with van der Waals surface area (Å²) in [6.45, 7) is -4.15. The fraction of sp³-hybridized carbons (Fsp3) is 0.205. The van der Waals surface area contributed by atoms with E-state index in [2.05, 4.69) is 0 Å². The summed E-state index contributed by atoms with van der Waals surface area (Å²) < 4.78 is 85.4. The Labute approximate surface area is 293 Å². The van der Waals surface area contributed by atoms with Crippen molar-refractivity contribution in [1.82, 2.24) is 4.67 Å². The van der Waals surface area contributed by atoms with Gasteiger partial charge >= 0.3 is 281 Å². The molecule has 11 heteroatoms. The summed E-state index contributed by atoms with van der Waals surface area (Å²) in [4.78, 5) is 13.4. The quantitative estimate of drug-likeness (QED) is 0.122. The number of carboxylic acids is 1. The van der Waals surface area contributed by atoms with Crippen LogP contribution in [0.1, 0.15) is 28.7 Å². The summed E-state index contributed by atoms with van der Waals surface area (Å²) in [7, 11) is 0. The van der Waals surface area contributed by atoms with Gasteiger partial charge in [0.1, 0.15) is 0 Å². The topological polar surface area (TPSA) is 40.5 Å². The van der Waals surface area contributed by atoms with E-state index in [9.17, 15) is 36.2 Å². The molecule has 0 saturated carbocycles. The molecule has 1 saturated heterocycles. The van der Waals surface area contributed by atoms with Gasteiger partial charge in [-0.3, -0.25) is 0 Å². The third-order valence-corrected chi connectivity index (χ3v) is 16.5. The second-order valence-corrected chi connectivity index (χ2v) is 17.5. The molecule has 1 aliphatic heterocycles. The van der Waals surface area contributed by atoms with E-state index in [0.717, 1.165) is 40.2 Å². The molecule has 6 rings (SSSR count). The molecular weight excluding hydrogens is 695 g/mol. The van der Waals surface area contributed by atoms with Gasteiger partial charge in [-0.2, -0.15) is 0 Å². The van der Waals surface area contributed by atoms with Crippen LogP contribution in [0, 0.1) is 5.92 Å². The predicted octanol–water partition coefficient (Wildman–Crippen LogP) is 9.11. The van der Waals surface area contributed by atoms with Gasteiger partial charge in [0.05, 0.1) is 0 Å². The molecule has 1 N–H and O–H groups in total. The standard InChI is InChI=1S/C39H34F6NO2P.ClH/c40-38(41,42)31-14-10-12-28(23-31)22-30-25-36(37(47)48)46(26-30)49(33-16-4-1-5-17-33,34-18-6-2-7-19-34,35-20-8-3-9-21-35)27-29-13-11-15-32(24-29)39(43,44)45;/h1-21,23-24,30,36H,22,25-27H2,(H,47,48);1H/t30?,36-;/m0./s1. The molecule has 0 amide bonds. The number of benzene rings is 5. The summed E-state index contributed by atoms with van der Waals surface area (Å²) >= 11 is 0. The molecule has 1 heterocycles. The van der Waals surface area contributed by atoms with Crippen molar-refractivity contribution in [1.29, 1.82) is 0 Å². The molecule has 0 spiro atoms. The summed E-state index contributed by atoms with van der Waals surface area (Å²) in [6.07, 6.45) is -8.76. The van der Waals surface area contributed by atoms with Crippen LogP contribution in [0.2, 0.25) is 0 Å². The minimum absolute atomic E-state index is 0. The average Bonchev–Trinajstić information content (AvgIpc) is 3.53. The van der Waals surface area contributed by atoms with Crippen molar-refractivity contribution in [3.8, 4) is 0 Å². The molecule has 0 aromatic heterocycles. The molecule has 0 radical (unpaired) electrons. The van der Waals surface area contributed by atoms with Gasteiger partial charge in [0, 0.05) is 0 Å². The first kappa shape index (κ1) is 37.1. The summed E-state index contributed by atoms with van der Waals surface area (Å²) in [5.74, 6) is -1.48. The van der Waals surface area contributed by atoms with Crippen LogP contribution < -0.4 is 15.9 Å². The van der Waals surface area contributed by atoms with E-state index < -0.39 is 42.2 Å². The Morgan fingerprint density at radius 2 is 1.06 bits per heavy atom. The van der Waals surface area contributed by atoms with Crippen LogP contribution in [0.15, 0.2) is 140 Å². The number of aliphatic carboxylic acids is 1. The fourth-order valence-corrected chi connectivity index (χ4v) is 14.9. The monoisotopic (exact) mass is 729 g/mol. The molecule has 2 atom stereocenters. The predicted molar refractivity (Wildman–Crippen MR) is 189 cm³/mol. The molecular formula is C39H35ClF6NO2P. The van der Waals surface area contributed by atoms with Gasteiger partial charge in [-0.05, 0) is 0 Å². The fourth-order valence-electron chi connectivity index (χ4n) is 7.68. The zero-order chi connectivity index (χ0) is 34.9. The Morgan fingerprint density at radius 1 is 0.640 bits per heavy atom. The molecule has 1 aliphatic rings. The number of halogens is 7. The first-order valence-electron chi connectivity index (χ1n) is 15.8. The van der Waals surface area contributed by atoms with E-state index in [0.29, 0.717) is 11.1 Å². The van der Waals surface area contributed by atoms with Crippen molar-refractivity contribution in [3.05, 3.63) is 162 Å². The first-order chi connectivity index (χ1) is 23.3. The van der Waals surface area contributed by atoms with Crippen LogP contribution >= 0.6 is 19.2 Å². The minimum atomic E-state index is -4.61. The summed E-state index contributed by atoms with van der Waals surface area (Å²) in [5.41, 5.74) is -0.774. The average molecular weight is 730 g/mol. The number of hydrogen-bond donors (Lipinski definition) is 1. The van der Waals surface area contributed by atoms with Crippen molar-refractivity contribution >= 4 is 41.0 Å². The Kier molecular flexibility index (Phi) is 10.5. The third-order valence-electron chi connectivity index (χ3n) is 9.67. The maximum atomic E-state index is 14.1. The molecule has 5 aromatic rings. The van der Waals surface area contributed by atoms with Gasteiger partial charge in [0.25, 0.3) is 0 Å². The van der Waals surface area contributed by atoms with Crippen LogP contribution in [0.5, 0.6) is 0 Å². The number of alkyl halides is 6. The molecule has 262 valence electrons. The van der Waals surface area contributed by atoms with E-state index in [1.54, 1.807) is 12.1 Å². The van der Waals surface area contributed by atoms with Crippen molar-refractivity contribution in [2.24, 2.45) is 5.92 Å². The van der Waals surface area contributed by atoms with Crippen molar-refractivity contribution < 1.29 is 36.2 Å². The normalized spacial score (nSPS) is 17.8. The second-order valence-electron chi connectivity index (χ2n) is 12.6. The molecule has 0 aliphatic carbocycles. The van der Waals surface area contributed by atoms with Gasteiger partial charge in [-0.25, -0.2) is 0 Å². The number of carbonyl (C=O) groups is 1. The van der Waals surface area contributed by atoms with Gasteiger partial charge in [0.15, 0.2) is 0 Å². The summed E-state index contributed by atoms with van der Waals surface area (Å²) in [6, 6.07) is 37.3. The molecule has 50 heavy (non-hydrogen) atoms. The van der Waals surface area contributed by atoms with Crippen molar-refractivity contribution in [2.75, 3.05) is 6.54 Å². The van der Waals surface area contributed by atoms with E-state index in [1.807, 2.05) is 95.7 Å². The number of carboxylic acid groups (broad SMARTS) is 1. The van der Waals surface area contributed by atoms with Gasteiger partial charge in [-0.1, -0.05) is 0 Å². The molecule has 0 bridgehead atoms. The van der Waals surface area contributed by atoms with Gasteiger partial charge in [0.2, 0.25) is 0 Å². The van der Waals surface area contributed by atoms with Crippen LogP contribution in [-0.2, 0) is 29.7 Å². The molecule has 1 unspecified atom stereocenters. The van der Waals surface area contributed by atoms with E-state index >= 15 is 0 Å². The molecule has 5 aromatic carbocycles. The van der Waals surface area contributed by atoms with Crippen molar-refractivity contribution in [2.45, 2.75) is 37.4 Å². The van der Waals surface area contributed by atoms with Crippen molar-refractivity contribution in [3.63, 3.8) is 0 Å². The molecule has 1 fully saturated rings. The van der Waals surface area contributed by atoms with Crippen LogP contribution in [0.25, 0.3) is 0 Å². The Bertz CT molecular complexity index is 1820.